The van der Waals surface area contributed by atoms with Crippen molar-refractivity contribution >= 4 is 22.6 Å². The number of alkyl halides is 3. The fourth-order valence-electron chi connectivity index (χ4n) is 4.09. The second-order valence-corrected chi connectivity index (χ2v) is 7.54. The normalized spacial score (nSPS) is 17.0. The number of benzene rings is 2. The Bertz CT molecular complexity index is 1130. The molecule has 0 saturated heterocycles. The van der Waals surface area contributed by atoms with Gasteiger partial charge < -0.3 is 19.4 Å². The molecule has 1 N–H and O–H groups in total. The molecule has 30 heavy (non-hydrogen) atoms. The number of nitrogens with one attached hydrogen (secondary N) is 1. The Hall–Kier alpha value is -3.23. The van der Waals surface area contributed by atoms with Crippen LogP contribution in [-0.4, -0.2) is 21.2 Å². The number of aromatic nitrogens is 2. The van der Waals surface area contributed by atoms with Crippen molar-refractivity contribution in [2.45, 2.75) is 44.2 Å². The first-order valence-corrected chi connectivity index (χ1v) is 9.67. The molecule has 0 unspecified atom stereocenters. The fraction of sp³-hybridized carbons (Fsp3) is 0.333. The van der Waals surface area contributed by atoms with Gasteiger partial charge in [0.2, 0.25) is 11.7 Å². The van der Waals surface area contributed by atoms with Crippen LogP contribution in [0.5, 0.6) is 11.5 Å². The maximum atomic E-state index is 13.4. The highest BCUT2D eigenvalue weighted by Crippen LogP contribution is 2.47. The molecule has 2 aliphatic rings. The summed E-state index contributed by atoms with van der Waals surface area (Å²) in [5.74, 6) is -1.19. The number of imidazole rings is 1. The zero-order valence-corrected chi connectivity index (χ0v) is 15.8. The first kappa shape index (κ1) is 18.8. The quantitative estimate of drug-likeness (QED) is 0.669. The molecule has 1 saturated carbocycles. The third-order valence-corrected chi connectivity index (χ3v) is 5.39. The maximum absolute atomic E-state index is 13.4. The summed E-state index contributed by atoms with van der Waals surface area (Å²) in [4.78, 5) is 16.2. The molecule has 1 aromatic heterocycles. The first-order chi connectivity index (χ1) is 14.3. The van der Waals surface area contributed by atoms with Gasteiger partial charge in [0.05, 0.1) is 11.0 Å². The van der Waals surface area contributed by atoms with Crippen molar-refractivity contribution in [2.24, 2.45) is 0 Å². The highest BCUT2D eigenvalue weighted by Gasteiger charge is 2.44. The highest BCUT2D eigenvalue weighted by atomic mass is 19.4. The van der Waals surface area contributed by atoms with E-state index in [0.29, 0.717) is 17.2 Å². The molecule has 0 bridgehead atoms. The van der Waals surface area contributed by atoms with E-state index in [9.17, 15) is 18.0 Å². The van der Waals surface area contributed by atoms with Crippen molar-refractivity contribution in [1.29, 1.82) is 0 Å². The van der Waals surface area contributed by atoms with Gasteiger partial charge in [0.15, 0.2) is 11.5 Å². The Kier molecular flexibility index (Phi) is 4.16. The number of anilines is 1. The molecule has 6 nitrogen and oxygen atoms in total. The van der Waals surface area contributed by atoms with Gasteiger partial charge in [0.25, 0.3) is 5.79 Å². The van der Waals surface area contributed by atoms with E-state index in [0.717, 1.165) is 30.3 Å². The number of carbonyl (C=O) groups excluding carboxylic acids is 1. The van der Waals surface area contributed by atoms with E-state index >= 15 is 0 Å². The summed E-state index contributed by atoms with van der Waals surface area (Å²) < 4.78 is 53.0. The molecular formula is C21H18F3N3O3. The SMILES string of the molecule is O=C(Cn1c(C(F)(F)F)nc2ccccc21)Nc1ccc2c(c1)OC1(CCCC1)O2. The zero-order chi connectivity index (χ0) is 20.9. The predicted octanol–water partition coefficient (Wildman–Crippen LogP) is 4.74. The molecule has 156 valence electrons. The predicted molar refractivity (Wildman–Crippen MR) is 102 cm³/mol. The molecule has 1 spiro atoms. The summed E-state index contributed by atoms with van der Waals surface area (Å²) in [6, 6.07) is 11.2. The first-order valence-electron chi connectivity index (χ1n) is 9.67. The number of para-hydroxylation sites is 2. The van der Waals surface area contributed by atoms with E-state index in [2.05, 4.69) is 10.3 Å². The van der Waals surface area contributed by atoms with Crippen LogP contribution in [0.2, 0.25) is 0 Å². The van der Waals surface area contributed by atoms with Gasteiger partial charge in [-0.15, -0.1) is 0 Å². The van der Waals surface area contributed by atoms with E-state index in [4.69, 9.17) is 9.47 Å². The van der Waals surface area contributed by atoms with Crippen molar-refractivity contribution < 1.29 is 27.4 Å². The molecular weight excluding hydrogens is 399 g/mol. The molecule has 9 heteroatoms. The molecule has 1 aliphatic heterocycles. The minimum absolute atomic E-state index is 0.183. The number of hydrogen-bond donors (Lipinski definition) is 1. The van der Waals surface area contributed by atoms with Crippen LogP contribution in [-0.2, 0) is 17.5 Å². The van der Waals surface area contributed by atoms with E-state index in [1.54, 1.807) is 30.3 Å². The van der Waals surface area contributed by atoms with Crippen molar-refractivity contribution in [2.75, 3.05) is 5.32 Å². The summed E-state index contributed by atoms with van der Waals surface area (Å²) in [7, 11) is 0. The molecule has 5 rings (SSSR count). The minimum Gasteiger partial charge on any atom is -0.448 e. The Morgan fingerprint density at radius 2 is 1.83 bits per heavy atom. The second kappa shape index (κ2) is 6.65. The maximum Gasteiger partial charge on any atom is 0.449 e. The smallest absolute Gasteiger partial charge is 0.448 e. The second-order valence-electron chi connectivity index (χ2n) is 7.54. The number of amides is 1. The van der Waals surface area contributed by atoms with Gasteiger partial charge in [-0.05, 0) is 37.1 Å². The van der Waals surface area contributed by atoms with E-state index < -0.39 is 30.2 Å². The minimum atomic E-state index is -4.67. The molecule has 3 aromatic rings. The van der Waals surface area contributed by atoms with Crippen LogP contribution in [0, 0.1) is 0 Å². The lowest BCUT2D eigenvalue weighted by Gasteiger charge is -2.21. The van der Waals surface area contributed by atoms with Gasteiger partial charge in [-0.2, -0.15) is 13.2 Å². The van der Waals surface area contributed by atoms with Crippen molar-refractivity contribution in [1.82, 2.24) is 9.55 Å². The van der Waals surface area contributed by atoms with Crippen LogP contribution < -0.4 is 14.8 Å². The summed E-state index contributed by atoms with van der Waals surface area (Å²) in [6.07, 6.45) is -1.02. The van der Waals surface area contributed by atoms with Crippen molar-refractivity contribution in [3.63, 3.8) is 0 Å². The standard InChI is InChI=1S/C21H18F3N3O3/c22-21(23,24)19-26-14-5-1-2-6-15(14)27(19)12-18(28)25-13-7-8-16-17(11-13)30-20(29-16)9-3-4-10-20/h1-2,5-8,11H,3-4,9-10,12H2,(H,25,28). The van der Waals surface area contributed by atoms with Gasteiger partial charge in [-0.25, -0.2) is 4.98 Å². The van der Waals surface area contributed by atoms with Crippen LogP contribution in [0.25, 0.3) is 11.0 Å². The van der Waals surface area contributed by atoms with Crippen LogP contribution in [0.1, 0.15) is 31.5 Å². The molecule has 1 aliphatic carbocycles. The summed E-state index contributed by atoms with van der Waals surface area (Å²) in [5, 5.41) is 2.64. The molecule has 0 radical (unpaired) electrons. The zero-order valence-electron chi connectivity index (χ0n) is 15.8. The lowest BCUT2D eigenvalue weighted by molar-refractivity contribution is -0.147. The summed E-state index contributed by atoms with van der Waals surface area (Å²) in [5.41, 5.74) is 0.853. The Morgan fingerprint density at radius 1 is 1.10 bits per heavy atom. The Morgan fingerprint density at radius 3 is 2.60 bits per heavy atom. The molecule has 2 heterocycles. The molecule has 1 fully saturated rings. The van der Waals surface area contributed by atoms with Crippen LogP contribution >= 0.6 is 0 Å². The number of rotatable bonds is 3. The van der Waals surface area contributed by atoms with Gasteiger partial charge in [0, 0.05) is 24.6 Å². The molecule has 0 atom stereocenters. The topological polar surface area (TPSA) is 65.4 Å². The Balaban J connectivity index is 1.37. The number of carbonyl (C=O) groups is 1. The molecule has 1 amide bonds. The number of halogens is 3. The lowest BCUT2D eigenvalue weighted by atomic mass is 10.2. The van der Waals surface area contributed by atoms with Crippen LogP contribution in [0.15, 0.2) is 42.5 Å². The highest BCUT2D eigenvalue weighted by molar-refractivity contribution is 5.92. The van der Waals surface area contributed by atoms with Gasteiger partial charge >= 0.3 is 6.18 Å². The Labute approximate surface area is 169 Å². The largest absolute Gasteiger partial charge is 0.449 e. The van der Waals surface area contributed by atoms with Crippen LogP contribution in [0.4, 0.5) is 18.9 Å². The summed E-state index contributed by atoms with van der Waals surface area (Å²) in [6.45, 7) is -0.520. The van der Waals surface area contributed by atoms with E-state index in [1.807, 2.05) is 0 Å². The molecule has 2 aromatic carbocycles. The number of ether oxygens (including phenoxy) is 2. The average molecular weight is 417 g/mol. The fourth-order valence-corrected chi connectivity index (χ4v) is 4.09. The summed E-state index contributed by atoms with van der Waals surface area (Å²) >= 11 is 0. The lowest BCUT2D eigenvalue weighted by Crippen LogP contribution is -2.34. The monoisotopic (exact) mass is 417 g/mol. The van der Waals surface area contributed by atoms with Crippen molar-refractivity contribution in [3.8, 4) is 11.5 Å². The van der Waals surface area contributed by atoms with E-state index in [-0.39, 0.29) is 11.0 Å². The van der Waals surface area contributed by atoms with Crippen LogP contribution in [0.3, 0.4) is 0 Å². The number of fused-ring (bicyclic) bond motifs is 2. The third-order valence-electron chi connectivity index (χ3n) is 5.39. The van der Waals surface area contributed by atoms with Gasteiger partial charge in [-0.1, -0.05) is 12.1 Å². The van der Waals surface area contributed by atoms with E-state index in [1.165, 1.54) is 12.1 Å². The van der Waals surface area contributed by atoms with Gasteiger partial charge in [0.1, 0.15) is 6.54 Å². The number of hydrogen-bond acceptors (Lipinski definition) is 4. The third kappa shape index (κ3) is 3.24. The van der Waals surface area contributed by atoms with Gasteiger partial charge in [-0.3, -0.25) is 4.79 Å². The number of nitrogens with zero attached hydrogens (tertiary/aromatic N) is 2. The average Bonchev–Trinajstić information content (AvgIpc) is 3.39. The van der Waals surface area contributed by atoms with Crippen molar-refractivity contribution in [3.05, 3.63) is 48.3 Å².